The molecule has 10 heteroatoms. The Morgan fingerprint density at radius 1 is 1.12 bits per heavy atom. The minimum absolute atomic E-state index is 0.0543. The van der Waals surface area contributed by atoms with Gasteiger partial charge in [-0.25, -0.2) is 12.8 Å². The van der Waals surface area contributed by atoms with Crippen LogP contribution in [0.15, 0.2) is 53.4 Å². The van der Waals surface area contributed by atoms with Crippen LogP contribution in [0.1, 0.15) is 26.7 Å². The van der Waals surface area contributed by atoms with Crippen molar-refractivity contribution in [1.82, 2.24) is 4.31 Å². The normalized spacial score (nSPS) is 16.1. The third kappa shape index (κ3) is 5.88. The first-order valence-electron chi connectivity index (χ1n) is 10.7. The maximum Gasteiger partial charge on any atom is 0.309 e. The summed E-state index contributed by atoms with van der Waals surface area (Å²) < 4.78 is 51.3. The number of carbonyl (C=O) groups excluding carboxylic acids is 2. The number of carbonyl (C=O) groups is 2. The average molecular weight is 479 g/mol. The van der Waals surface area contributed by atoms with Gasteiger partial charge in [0.1, 0.15) is 16.5 Å². The summed E-state index contributed by atoms with van der Waals surface area (Å²) in [6, 6.07) is 12.1. The first kappa shape index (κ1) is 24.7. The van der Waals surface area contributed by atoms with Gasteiger partial charge in [0.15, 0.2) is 6.10 Å². The van der Waals surface area contributed by atoms with Gasteiger partial charge in [-0.1, -0.05) is 24.3 Å². The molecular formula is C23H27FN2O6S. The molecule has 178 valence electrons. The van der Waals surface area contributed by atoms with E-state index in [1.165, 1.54) is 25.1 Å². The fourth-order valence-electron chi connectivity index (χ4n) is 3.53. The van der Waals surface area contributed by atoms with Crippen molar-refractivity contribution in [3.8, 4) is 5.75 Å². The van der Waals surface area contributed by atoms with E-state index in [1.54, 1.807) is 24.3 Å². The van der Waals surface area contributed by atoms with Crippen molar-refractivity contribution in [2.75, 3.05) is 25.0 Å². The van der Waals surface area contributed by atoms with Gasteiger partial charge in [-0.3, -0.25) is 9.59 Å². The first-order valence-corrected chi connectivity index (χ1v) is 12.2. The fourth-order valence-corrected chi connectivity index (χ4v) is 5.07. The molecule has 0 saturated carbocycles. The van der Waals surface area contributed by atoms with Crippen molar-refractivity contribution in [2.45, 2.75) is 37.7 Å². The number of sulfonamides is 1. The van der Waals surface area contributed by atoms with Gasteiger partial charge in [0.25, 0.3) is 5.91 Å². The van der Waals surface area contributed by atoms with Crippen LogP contribution in [0.5, 0.6) is 5.75 Å². The fraction of sp³-hybridized carbons (Fsp3) is 0.391. The number of rotatable bonds is 8. The first-order chi connectivity index (χ1) is 15.7. The number of ether oxygens (including phenoxy) is 2. The summed E-state index contributed by atoms with van der Waals surface area (Å²) in [5.41, 5.74) is 0.471. The van der Waals surface area contributed by atoms with E-state index < -0.39 is 39.7 Å². The average Bonchev–Trinajstić information content (AvgIpc) is 2.80. The van der Waals surface area contributed by atoms with Crippen LogP contribution in [0, 0.1) is 11.7 Å². The predicted octanol–water partition coefficient (Wildman–Crippen LogP) is 3.20. The molecule has 1 saturated heterocycles. The smallest absolute Gasteiger partial charge is 0.309 e. The van der Waals surface area contributed by atoms with Crippen molar-refractivity contribution < 1.29 is 31.9 Å². The Hall–Kier alpha value is -2.98. The van der Waals surface area contributed by atoms with Crippen molar-refractivity contribution in [3.05, 3.63) is 54.3 Å². The Labute approximate surface area is 192 Å². The monoisotopic (exact) mass is 478 g/mol. The largest absolute Gasteiger partial charge is 0.492 e. The number of hydrogen-bond acceptors (Lipinski definition) is 6. The molecule has 0 bridgehead atoms. The predicted molar refractivity (Wildman–Crippen MR) is 120 cm³/mol. The summed E-state index contributed by atoms with van der Waals surface area (Å²) in [6.45, 7) is 3.84. The third-order valence-electron chi connectivity index (χ3n) is 5.35. The maximum atomic E-state index is 14.0. The lowest BCUT2D eigenvalue weighted by molar-refractivity contribution is -0.158. The van der Waals surface area contributed by atoms with E-state index in [1.807, 2.05) is 6.92 Å². The van der Waals surface area contributed by atoms with Crippen LogP contribution in [0.25, 0.3) is 0 Å². The summed E-state index contributed by atoms with van der Waals surface area (Å²) >= 11 is 0. The molecule has 1 atom stereocenters. The van der Waals surface area contributed by atoms with Crippen molar-refractivity contribution >= 4 is 27.6 Å². The van der Waals surface area contributed by atoms with Gasteiger partial charge in [-0.2, -0.15) is 4.31 Å². The number of amides is 1. The molecule has 1 heterocycles. The van der Waals surface area contributed by atoms with Gasteiger partial charge in [-0.05, 0) is 51.0 Å². The molecule has 1 fully saturated rings. The summed E-state index contributed by atoms with van der Waals surface area (Å²) in [4.78, 5) is 24.7. The standard InChI is InChI=1S/C23H27FN2O6S/c1-3-31-20-10-6-5-9-19(20)25-22(27)16(2)32-23(28)17-12-14-26(15-13-17)33(29,30)21-11-7-4-8-18(21)24/h4-11,16-17H,3,12-15H2,1-2H3,(H,25,27). The molecule has 8 nitrogen and oxygen atoms in total. The maximum absolute atomic E-state index is 14.0. The highest BCUT2D eigenvalue weighted by Crippen LogP contribution is 2.27. The summed E-state index contributed by atoms with van der Waals surface area (Å²) in [7, 11) is -3.99. The minimum atomic E-state index is -3.99. The van der Waals surface area contributed by atoms with Crippen LogP contribution in [0.4, 0.5) is 10.1 Å². The molecule has 2 aromatic rings. The Kier molecular flexibility index (Phi) is 8.04. The highest BCUT2D eigenvalue weighted by atomic mass is 32.2. The minimum Gasteiger partial charge on any atom is -0.492 e. The lowest BCUT2D eigenvalue weighted by atomic mass is 9.98. The van der Waals surface area contributed by atoms with E-state index in [0.29, 0.717) is 18.0 Å². The van der Waals surface area contributed by atoms with Gasteiger partial charge >= 0.3 is 5.97 Å². The number of nitrogens with one attached hydrogen (secondary N) is 1. The molecule has 2 aromatic carbocycles. The van der Waals surface area contributed by atoms with Crippen molar-refractivity contribution in [2.24, 2.45) is 5.92 Å². The number of piperidine rings is 1. The molecule has 1 aliphatic rings. The zero-order chi connectivity index (χ0) is 24.0. The molecule has 33 heavy (non-hydrogen) atoms. The quantitative estimate of drug-likeness (QED) is 0.585. The lowest BCUT2D eigenvalue weighted by Crippen LogP contribution is -2.42. The second-order valence-corrected chi connectivity index (χ2v) is 9.51. The Balaban J connectivity index is 1.55. The number of hydrogen-bond donors (Lipinski definition) is 1. The molecular weight excluding hydrogens is 451 g/mol. The molecule has 1 N–H and O–H groups in total. The van der Waals surface area contributed by atoms with Gasteiger partial charge in [0, 0.05) is 13.1 Å². The van der Waals surface area contributed by atoms with Crippen LogP contribution in [-0.2, 0) is 24.3 Å². The van der Waals surface area contributed by atoms with E-state index >= 15 is 0 Å². The van der Waals surface area contributed by atoms with E-state index in [4.69, 9.17) is 9.47 Å². The summed E-state index contributed by atoms with van der Waals surface area (Å²) in [5, 5.41) is 2.69. The summed E-state index contributed by atoms with van der Waals surface area (Å²) in [6.07, 6.45) is -0.616. The molecule has 0 aliphatic carbocycles. The van der Waals surface area contributed by atoms with Crippen LogP contribution in [-0.4, -0.2) is 50.4 Å². The SMILES string of the molecule is CCOc1ccccc1NC(=O)C(C)OC(=O)C1CCN(S(=O)(=O)c2ccccc2F)CC1. The second kappa shape index (κ2) is 10.8. The number of anilines is 1. The van der Waals surface area contributed by atoms with Gasteiger partial charge in [0.2, 0.25) is 10.0 Å². The highest BCUT2D eigenvalue weighted by molar-refractivity contribution is 7.89. The summed E-state index contributed by atoms with van der Waals surface area (Å²) in [5.74, 6) is -1.93. The second-order valence-electron chi connectivity index (χ2n) is 7.61. The highest BCUT2D eigenvalue weighted by Gasteiger charge is 2.35. The van der Waals surface area contributed by atoms with E-state index in [9.17, 15) is 22.4 Å². The van der Waals surface area contributed by atoms with Gasteiger partial charge in [-0.15, -0.1) is 0 Å². The number of nitrogens with zero attached hydrogens (tertiary/aromatic N) is 1. The number of halogens is 1. The third-order valence-corrected chi connectivity index (χ3v) is 7.28. The molecule has 0 aromatic heterocycles. The van der Waals surface area contributed by atoms with Crippen molar-refractivity contribution in [1.29, 1.82) is 0 Å². The van der Waals surface area contributed by atoms with Crippen LogP contribution >= 0.6 is 0 Å². The molecule has 1 aliphatic heterocycles. The zero-order valence-electron chi connectivity index (χ0n) is 18.5. The van der Waals surface area contributed by atoms with Crippen LogP contribution < -0.4 is 10.1 Å². The van der Waals surface area contributed by atoms with E-state index in [-0.39, 0.29) is 30.8 Å². The van der Waals surface area contributed by atoms with Crippen LogP contribution in [0.2, 0.25) is 0 Å². The zero-order valence-corrected chi connectivity index (χ0v) is 19.3. The van der Waals surface area contributed by atoms with E-state index in [0.717, 1.165) is 10.4 Å². The Morgan fingerprint density at radius 2 is 1.76 bits per heavy atom. The number of para-hydroxylation sites is 2. The lowest BCUT2D eigenvalue weighted by Gasteiger charge is -2.30. The Morgan fingerprint density at radius 3 is 2.42 bits per heavy atom. The molecule has 0 radical (unpaired) electrons. The topological polar surface area (TPSA) is 102 Å². The van der Waals surface area contributed by atoms with Crippen molar-refractivity contribution in [3.63, 3.8) is 0 Å². The van der Waals surface area contributed by atoms with Gasteiger partial charge < -0.3 is 14.8 Å². The van der Waals surface area contributed by atoms with Crippen LogP contribution in [0.3, 0.4) is 0 Å². The number of esters is 1. The molecule has 0 spiro atoms. The molecule has 1 amide bonds. The van der Waals surface area contributed by atoms with E-state index in [2.05, 4.69) is 5.32 Å². The molecule has 3 rings (SSSR count). The van der Waals surface area contributed by atoms with Gasteiger partial charge in [0.05, 0.1) is 18.2 Å². The Bertz CT molecular complexity index is 1100. The number of benzene rings is 2. The molecule has 1 unspecified atom stereocenters.